The van der Waals surface area contributed by atoms with E-state index in [1.807, 2.05) is 4.90 Å². The fourth-order valence-corrected chi connectivity index (χ4v) is 2.14. The van der Waals surface area contributed by atoms with Crippen LogP contribution in [0.5, 0.6) is 0 Å². The summed E-state index contributed by atoms with van der Waals surface area (Å²) < 4.78 is 0. The normalized spacial score (nSPS) is 19.4. The van der Waals surface area contributed by atoms with Gasteiger partial charge in [0.25, 0.3) is 0 Å². The number of nitro benzene ring substituents is 1. The van der Waals surface area contributed by atoms with E-state index < -0.39 is 6.10 Å². The molecule has 0 amide bonds. The lowest BCUT2D eigenvalue weighted by atomic mass is 10.2. The van der Waals surface area contributed by atoms with Crippen LogP contribution in [0.15, 0.2) is 18.2 Å². The number of aliphatic hydroxyl groups excluding tert-OH is 1. The minimum Gasteiger partial charge on any atom is -0.391 e. The Bertz CT molecular complexity index is 436. The Kier molecular flexibility index (Phi) is 3.14. The quantitative estimate of drug-likeness (QED) is 0.610. The van der Waals surface area contributed by atoms with Gasteiger partial charge in [-0.2, -0.15) is 0 Å². The Morgan fingerprint density at radius 1 is 1.59 bits per heavy atom. The molecule has 1 aromatic rings. The van der Waals surface area contributed by atoms with Crippen LogP contribution in [0, 0.1) is 10.1 Å². The lowest BCUT2D eigenvalue weighted by Crippen LogP contribution is -2.22. The van der Waals surface area contributed by atoms with Gasteiger partial charge in [-0.25, -0.2) is 0 Å². The zero-order valence-electron chi connectivity index (χ0n) is 9.59. The maximum absolute atomic E-state index is 11.1. The van der Waals surface area contributed by atoms with Crippen molar-refractivity contribution in [3.63, 3.8) is 0 Å². The molecule has 92 valence electrons. The van der Waals surface area contributed by atoms with E-state index in [9.17, 15) is 15.2 Å². The van der Waals surface area contributed by atoms with Gasteiger partial charge in [0.1, 0.15) is 11.4 Å². The molecule has 2 N–H and O–H groups in total. The highest BCUT2D eigenvalue weighted by atomic mass is 16.6. The minimum atomic E-state index is -0.396. The molecule has 1 atom stereocenters. The van der Waals surface area contributed by atoms with Crippen molar-refractivity contribution < 1.29 is 10.0 Å². The predicted molar refractivity (Wildman–Crippen MR) is 65.5 cm³/mol. The SMILES string of the molecule is CNc1cccc(N2CCC(O)C2)c1[N+](=O)[O-]. The largest absolute Gasteiger partial charge is 0.391 e. The van der Waals surface area contributed by atoms with Gasteiger partial charge in [-0.3, -0.25) is 10.1 Å². The number of nitrogens with zero attached hydrogens (tertiary/aromatic N) is 2. The van der Waals surface area contributed by atoms with Gasteiger partial charge in [-0.1, -0.05) is 6.07 Å². The van der Waals surface area contributed by atoms with E-state index >= 15 is 0 Å². The summed E-state index contributed by atoms with van der Waals surface area (Å²) in [6, 6.07) is 5.17. The smallest absolute Gasteiger partial charge is 0.315 e. The van der Waals surface area contributed by atoms with Crippen molar-refractivity contribution in [2.45, 2.75) is 12.5 Å². The highest BCUT2D eigenvalue weighted by Gasteiger charge is 2.28. The molecule has 1 aromatic carbocycles. The monoisotopic (exact) mass is 237 g/mol. The summed E-state index contributed by atoms with van der Waals surface area (Å²) in [6.07, 6.45) is 0.258. The maximum Gasteiger partial charge on any atom is 0.315 e. The Morgan fingerprint density at radius 2 is 2.35 bits per heavy atom. The second-order valence-electron chi connectivity index (χ2n) is 4.07. The number of rotatable bonds is 3. The molecule has 0 radical (unpaired) electrons. The van der Waals surface area contributed by atoms with Crippen molar-refractivity contribution in [3.05, 3.63) is 28.3 Å². The number of β-amino-alcohol motifs (C(OH)–C–C–N with tert-alkyl or cyclic N) is 1. The van der Waals surface area contributed by atoms with E-state index in [0.717, 1.165) is 0 Å². The summed E-state index contributed by atoms with van der Waals surface area (Å²) in [5, 5.41) is 23.4. The topological polar surface area (TPSA) is 78.6 Å². The van der Waals surface area contributed by atoms with Crippen LogP contribution in [0.25, 0.3) is 0 Å². The third-order valence-corrected chi connectivity index (χ3v) is 2.97. The molecule has 1 aliphatic heterocycles. The highest BCUT2D eigenvalue weighted by Crippen LogP contribution is 2.36. The fraction of sp³-hybridized carbons (Fsp3) is 0.455. The molecule has 1 saturated heterocycles. The summed E-state index contributed by atoms with van der Waals surface area (Å²) in [5.41, 5.74) is 1.14. The summed E-state index contributed by atoms with van der Waals surface area (Å²) in [5.74, 6) is 0. The van der Waals surface area contributed by atoms with E-state index in [4.69, 9.17) is 0 Å². The first kappa shape index (κ1) is 11.7. The summed E-state index contributed by atoms with van der Waals surface area (Å²) in [6.45, 7) is 1.10. The van der Waals surface area contributed by atoms with Crippen molar-refractivity contribution >= 4 is 17.1 Å². The first-order valence-electron chi connectivity index (χ1n) is 5.51. The van der Waals surface area contributed by atoms with E-state index in [0.29, 0.717) is 30.9 Å². The van der Waals surface area contributed by atoms with E-state index in [2.05, 4.69) is 5.32 Å². The molecular formula is C11H15N3O3. The predicted octanol–water partition coefficient (Wildman–Crippen LogP) is 1.21. The zero-order valence-corrected chi connectivity index (χ0v) is 9.59. The lowest BCUT2D eigenvalue weighted by molar-refractivity contribution is -0.383. The first-order valence-corrected chi connectivity index (χ1v) is 5.51. The van der Waals surface area contributed by atoms with Crippen molar-refractivity contribution in [2.24, 2.45) is 0 Å². The molecule has 0 spiro atoms. The molecule has 2 rings (SSSR count). The van der Waals surface area contributed by atoms with Gasteiger partial charge in [-0.05, 0) is 18.6 Å². The molecule has 6 nitrogen and oxygen atoms in total. The average Bonchev–Trinajstić information content (AvgIpc) is 2.74. The third-order valence-electron chi connectivity index (χ3n) is 2.97. The van der Waals surface area contributed by atoms with Gasteiger partial charge in [0, 0.05) is 20.1 Å². The maximum atomic E-state index is 11.1. The van der Waals surface area contributed by atoms with Crippen molar-refractivity contribution in [1.82, 2.24) is 0 Å². The number of aliphatic hydroxyl groups is 1. The summed E-state index contributed by atoms with van der Waals surface area (Å²) >= 11 is 0. The highest BCUT2D eigenvalue weighted by molar-refractivity contribution is 5.77. The van der Waals surface area contributed by atoms with Crippen LogP contribution in [0.2, 0.25) is 0 Å². The number of anilines is 2. The van der Waals surface area contributed by atoms with Gasteiger partial charge < -0.3 is 15.3 Å². The second kappa shape index (κ2) is 4.58. The van der Waals surface area contributed by atoms with Crippen LogP contribution in [-0.2, 0) is 0 Å². The second-order valence-corrected chi connectivity index (χ2v) is 4.07. The number of nitrogens with one attached hydrogen (secondary N) is 1. The molecule has 1 unspecified atom stereocenters. The molecular weight excluding hydrogens is 222 g/mol. The molecule has 1 aliphatic rings. The van der Waals surface area contributed by atoms with Crippen LogP contribution in [0.1, 0.15) is 6.42 Å². The van der Waals surface area contributed by atoms with Crippen LogP contribution in [0.4, 0.5) is 17.1 Å². The van der Waals surface area contributed by atoms with Gasteiger partial charge in [0.15, 0.2) is 0 Å². The Labute approximate surface area is 99.0 Å². The molecule has 0 aliphatic carbocycles. The molecule has 0 bridgehead atoms. The Morgan fingerprint density at radius 3 is 2.88 bits per heavy atom. The van der Waals surface area contributed by atoms with Gasteiger partial charge in [0.2, 0.25) is 0 Å². The van der Waals surface area contributed by atoms with Crippen molar-refractivity contribution in [3.8, 4) is 0 Å². The number of hydrogen-bond acceptors (Lipinski definition) is 5. The standard InChI is InChI=1S/C11H15N3O3/c1-12-9-3-2-4-10(11(9)14(16)17)13-6-5-8(15)7-13/h2-4,8,12,15H,5-7H2,1H3. The molecule has 1 fully saturated rings. The van der Waals surface area contributed by atoms with Gasteiger partial charge in [-0.15, -0.1) is 0 Å². The first-order chi connectivity index (χ1) is 8.13. The average molecular weight is 237 g/mol. The van der Waals surface area contributed by atoms with Crippen LogP contribution in [-0.4, -0.2) is 36.3 Å². The number of hydrogen-bond donors (Lipinski definition) is 2. The van der Waals surface area contributed by atoms with Crippen LogP contribution in [0.3, 0.4) is 0 Å². The molecule has 0 saturated carbocycles. The number of nitro groups is 1. The molecule has 0 aromatic heterocycles. The van der Waals surface area contributed by atoms with Crippen LogP contribution >= 0.6 is 0 Å². The third kappa shape index (κ3) is 2.16. The summed E-state index contributed by atoms with van der Waals surface area (Å²) in [7, 11) is 1.66. The van der Waals surface area contributed by atoms with Crippen LogP contribution < -0.4 is 10.2 Å². The summed E-state index contributed by atoms with van der Waals surface area (Å²) in [4.78, 5) is 12.6. The number of para-hydroxylation sites is 1. The van der Waals surface area contributed by atoms with Gasteiger partial charge in [0.05, 0.1) is 11.0 Å². The lowest BCUT2D eigenvalue weighted by Gasteiger charge is -2.18. The minimum absolute atomic E-state index is 0.0732. The van der Waals surface area contributed by atoms with E-state index in [1.165, 1.54) is 0 Å². The fourth-order valence-electron chi connectivity index (χ4n) is 2.14. The Hall–Kier alpha value is -1.82. The molecule has 17 heavy (non-hydrogen) atoms. The van der Waals surface area contributed by atoms with Crippen molar-refractivity contribution in [2.75, 3.05) is 30.4 Å². The van der Waals surface area contributed by atoms with E-state index in [-0.39, 0.29) is 10.6 Å². The zero-order chi connectivity index (χ0) is 12.4. The van der Waals surface area contributed by atoms with E-state index in [1.54, 1.807) is 25.2 Å². The Balaban J connectivity index is 2.42. The number of benzene rings is 1. The molecule has 6 heteroatoms. The molecule has 1 heterocycles. The van der Waals surface area contributed by atoms with Gasteiger partial charge >= 0.3 is 5.69 Å². The van der Waals surface area contributed by atoms with Crippen molar-refractivity contribution in [1.29, 1.82) is 0 Å².